The average molecular weight is 340 g/mol. The Morgan fingerprint density at radius 2 is 1.95 bits per heavy atom. The minimum Gasteiger partial charge on any atom is -0.378 e. The first kappa shape index (κ1) is 14.5. The van der Waals surface area contributed by atoms with E-state index in [4.69, 9.17) is 32.7 Å². The molecule has 0 saturated carbocycles. The molecule has 1 aromatic heterocycles. The van der Waals surface area contributed by atoms with E-state index in [0.717, 1.165) is 43.0 Å². The quantitative estimate of drug-likeness (QED) is 0.799. The minimum atomic E-state index is -0.202. The van der Waals surface area contributed by atoms with E-state index in [-0.39, 0.29) is 5.60 Å². The van der Waals surface area contributed by atoms with E-state index >= 15 is 0 Å². The fourth-order valence-electron chi connectivity index (χ4n) is 3.02. The molecule has 2 saturated heterocycles. The number of rotatable bonds is 1. The Hall–Kier alpha value is -1.14. The van der Waals surface area contributed by atoms with Gasteiger partial charge in [0.1, 0.15) is 11.4 Å². The topological polar surface area (TPSA) is 47.5 Å². The summed E-state index contributed by atoms with van der Waals surface area (Å²) in [6.07, 6.45) is 2.70. The molecule has 7 heteroatoms. The maximum atomic E-state index is 6.07. The molecule has 2 aliphatic heterocycles. The van der Waals surface area contributed by atoms with Crippen LogP contribution in [0, 0.1) is 0 Å². The van der Waals surface area contributed by atoms with Crippen LogP contribution >= 0.6 is 23.2 Å². The highest BCUT2D eigenvalue weighted by atomic mass is 35.5. The van der Waals surface area contributed by atoms with Gasteiger partial charge in [-0.2, -0.15) is 0 Å². The number of fused-ring (bicyclic) bond motifs is 1. The second-order valence-electron chi connectivity index (χ2n) is 5.74. The normalized spacial score (nSPS) is 25.3. The maximum absolute atomic E-state index is 6.07. The summed E-state index contributed by atoms with van der Waals surface area (Å²) in [5, 5.41) is 0.980. The smallest absolute Gasteiger partial charge is 0.148 e. The highest BCUT2D eigenvalue weighted by molar-refractivity contribution is 6.42. The van der Waals surface area contributed by atoms with Crippen LogP contribution in [0.25, 0.3) is 11.0 Å². The fraction of sp³-hybridized carbons (Fsp3) is 0.467. The predicted octanol–water partition coefficient (Wildman–Crippen LogP) is 2.93. The van der Waals surface area contributed by atoms with E-state index in [0.29, 0.717) is 23.3 Å². The zero-order valence-corrected chi connectivity index (χ0v) is 13.4. The lowest BCUT2D eigenvalue weighted by Crippen LogP contribution is -2.52. The van der Waals surface area contributed by atoms with Crippen molar-refractivity contribution >= 4 is 40.1 Å². The van der Waals surface area contributed by atoms with Crippen LogP contribution in [0.15, 0.2) is 18.3 Å². The third-order valence-electron chi connectivity index (χ3n) is 4.21. The number of halogens is 2. The van der Waals surface area contributed by atoms with Gasteiger partial charge in [-0.05, 0) is 12.1 Å². The first-order valence-corrected chi connectivity index (χ1v) is 7.99. The molecule has 0 amide bonds. The Kier molecular flexibility index (Phi) is 3.61. The number of benzene rings is 1. The number of aromatic nitrogens is 2. The van der Waals surface area contributed by atoms with Gasteiger partial charge in [0.05, 0.1) is 47.0 Å². The van der Waals surface area contributed by atoms with Crippen molar-refractivity contribution in [1.82, 2.24) is 9.97 Å². The molecule has 1 aromatic carbocycles. The zero-order valence-electron chi connectivity index (χ0n) is 11.9. The van der Waals surface area contributed by atoms with Gasteiger partial charge < -0.3 is 14.4 Å². The number of nitrogens with zero attached hydrogens (tertiary/aromatic N) is 3. The molecule has 2 fully saturated rings. The van der Waals surface area contributed by atoms with Gasteiger partial charge in [0, 0.05) is 19.6 Å². The summed E-state index contributed by atoms with van der Waals surface area (Å²) in [6, 6.07) is 3.49. The Morgan fingerprint density at radius 1 is 1.14 bits per heavy atom. The van der Waals surface area contributed by atoms with E-state index in [2.05, 4.69) is 14.9 Å². The van der Waals surface area contributed by atoms with Crippen LogP contribution in [0.4, 0.5) is 5.82 Å². The summed E-state index contributed by atoms with van der Waals surface area (Å²) >= 11 is 12.1. The van der Waals surface area contributed by atoms with Gasteiger partial charge in [0.25, 0.3) is 0 Å². The highest BCUT2D eigenvalue weighted by Crippen LogP contribution is 2.31. The van der Waals surface area contributed by atoms with Crippen molar-refractivity contribution < 1.29 is 9.47 Å². The summed E-state index contributed by atoms with van der Waals surface area (Å²) in [4.78, 5) is 11.3. The van der Waals surface area contributed by atoms with Crippen molar-refractivity contribution in [3.8, 4) is 0 Å². The summed E-state index contributed by atoms with van der Waals surface area (Å²) in [7, 11) is 0. The third-order valence-corrected chi connectivity index (χ3v) is 4.93. The van der Waals surface area contributed by atoms with E-state index in [1.54, 1.807) is 18.3 Å². The summed E-state index contributed by atoms with van der Waals surface area (Å²) in [5.41, 5.74) is 1.28. The van der Waals surface area contributed by atoms with Crippen molar-refractivity contribution in [2.45, 2.75) is 12.0 Å². The van der Waals surface area contributed by atoms with Gasteiger partial charge in [-0.25, -0.2) is 4.98 Å². The van der Waals surface area contributed by atoms with Crippen LogP contribution in [0.5, 0.6) is 0 Å². The summed E-state index contributed by atoms with van der Waals surface area (Å²) in [6.45, 7) is 3.64. The van der Waals surface area contributed by atoms with E-state index in [1.807, 2.05) is 0 Å². The molecule has 5 nitrogen and oxygen atoms in total. The molecule has 0 N–H and O–H groups in total. The molecule has 0 radical (unpaired) electrons. The Morgan fingerprint density at radius 3 is 2.73 bits per heavy atom. The van der Waals surface area contributed by atoms with Crippen LogP contribution in [-0.4, -0.2) is 48.5 Å². The minimum absolute atomic E-state index is 0.202. The van der Waals surface area contributed by atoms with Gasteiger partial charge in [-0.3, -0.25) is 4.98 Å². The number of hydrogen-bond acceptors (Lipinski definition) is 5. The lowest BCUT2D eigenvalue weighted by molar-refractivity contribution is -0.0581. The summed E-state index contributed by atoms with van der Waals surface area (Å²) in [5.74, 6) is 0.834. The Balaban J connectivity index is 1.67. The lowest BCUT2D eigenvalue weighted by Gasteiger charge is -2.39. The number of anilines is 1. The Labute approximate surface area is 138 Å². The van der Waals surface area contributed by atoms with E-state index in [9.17, 15) is 0 Å². The summed E-state index contributed by atoms with van der Waals surface area (Å²) < 4.78 is 11.4. The SMILES string of the molecule is Clc1cc2ncc(N3CCOC4(CCOC4)C3)nc2cc1Cl. The maximum Gasteiger partial charge on any atom is 0.148 e. The van der Waals surface area contributed by atoms with Crippen LogP contribution in [0.3, 0.4) is 0 Å². The van der Waals surface area contributed by atoms with E-state index < -0.39 is 0 Å². The second-order valence-corrected chi connectivity index (χ2v) is 6.55. The van der Waals surface area contributed by atoms with Gasteiger partial charge in [0.2, 0.25) is 0 Å². The lowest BCUT2D eigenvalue weighted by atomic mass is 10.0. The monoisotopic (exact) mass is 339 g/mol. The first-order valence-electron chi connectivity index (χ1n) is 7.24. The number of ether oxygens (including phenoxy) is 2. The molecular weight excluding hydrogens is 325 g/mol. The molecular formula is C15H15Cl2N3O2. The Bertz CT molecular complexity index is 719. The van der Waals surface area contributed by atoms with Crippen molar-refractivity contribution in [2.75, 3.05) is 37.8 Å². The van der Waals surface area contributed by atoms with Crippen molar-refractivity contribution in [1.29, 1.82) is 0 Å². The number of morpholine rings is 1. The molecule has 1 unspecified atom stereocenters. The third kappa shape index (κ3) is 2.52. The number of hydrogen-bond donors (Lipinski definition) is 0. The van der Waals surface area contributed by atoms with Gasteiger partial charge in [-0.1, -0.05) is 23.2 Å². The largest absolute Gasteiger partial charge is 0.378 e. The van der Waals surface area contributed by atoms with Crippen LogP contribution < -0.4 is 4.90 Å². The molecule has 3 heterocycles. The standard InChI is InChI=1S/C15H15Cl2N3O2/c16-10-5-12-13(6-11(10)17)19-14(7-18-12)20-2-4-22-15(8-20)1-3-21-9-15/h5-7H,1-4,8-9H2. The molecule has 2 aromatic rings. The van der Waals surface area contributed by atoms with Gasteiger partial charge >= 0.3 is 0 Å². The molecule has 116 valence electrons. The highest BCUT2D eigenvalue weighted by Gasteiger charge is 2.40. The van der Waals surface area contributed by atoms with Crippen molar-refractivity contribution in [3.05, 3.63) is 28.4 Å². The van der Waals surface area contributed by atoms with E-state index in [1.165, 1.54) is 0 Å². The van der Waals surface area contributed by atoms with Crippen molar-refractivity contribution in [2.24, 2.45) is 0 Å². The molecule has 1 atom stereocenters. The molecule has 4 rings (SSSR count). The molecule has 22 heavy (non-hydrogen) atoms. The first-order chi connectivity index (χ1) is 10.7. The van der Waals surface area contributed by atoms with Crippen LogP contribution in [-0.2, 0) is 9.47 Å². The molecule has 2 aliphatic rings. The molecule has 0 aliphatic carbocycles. The van der Waals surface area contributed by atoms with Crippen molar-refractivity contribution in [3.63, 3.8) is 0 Å². The molecule has 1 spiro atoms. The van der Waals surface area contributed by atoms with Gasteiger partial charge in [0.15, 0.2) is 0 Å². The van der Waals surface area contributed by atoms with Crippen LogP contribution in [0.2, 0.25) is 10.0 Å². The second kappa shape index (κ2) is 5.49. The van der Waals surface area contributed by atoms with Crippen LogP contribution in [0.1, 0.15) is 6.42 Å². The fourth-order valence-corrected chi connectivity index (χ4v) is 3.33. The average Bonchev–Trinajstić information content (AvgIpc) is 2.96. The predicted molar refractivity (Wildman–Crippen MR) is 85.9 cm³/mol. The van der Waals surface area contributed by atoms with Gasteiger partial charge in [-0.15, -0.1) is 0 Å². The molecule has 0 bridgehead atoms. The zero-order chi connectivity index (χ0) is 15.2.